The van der Waals surface area contributed by atoms with E-state index >= 15 is 0 Å². The predicted molar refractivity (Wildman–Crippen MR) is 117 cm³/mol. The molecule has 1 aliphatic rings. The lowest BCUT2D eigenvalue weighted by Crippen LogP contribution is -2.35. The monoisotopic (exact) mass is 483 g/mol. The highest BCUT2D eigenvalue weighted by Crippen LogP contribution is 2.34. The third-order valence-corrected chi connectivity index (χ3v) is 7.21. The van der Waals surface area contributed by atoms with Gasteiger partial charge in [-0.3, -0.25) is 9.59 Å². The summed E-state index contributed by atoms with van der Waals surface area (Å²) < 4.78 is 66.9. The lowest BCUT2D eigenvalue weighted by atomic mass is 10.1. The molecule has 0 unspecified atom stereocenters. The van der Waals surface area contributed by atoms with Crippen LogP contribution in [-0.2, 0) is 21.0 Å². The van der Waals surface area contributed by atoms with Crippen molar-refractivity contribution in [1.82, 2.24) is 4.31 Å². The molecule has 178 valence electrons. The first kappa shape index (κ1) is 24.7. The smallest absolute Gasteiger partial charge is 0.325 e. The molecule has 0 saturated carbocycles. The lowest BCUT2D eigenvalue weighted by molar-refractivity contribution is -0.137. The molecule has 1 aliphatic heterocycles. The first-order valence-corrected chi connectivity index (χ1v) is 11.7. The van der Waals surface area contributed by atoms with Crippen LogP contribution in [0.25, 0.3) is 0 Å². The van der Waals surface area contributed by atoms with Crippen LogP contribution < -0.4 is 10.6 Å². The molecule has 3 rings (SSSR count). The molecule has 2 aromatic rings. The molecule has 2 aromatic carbocycles. The fourth-order valence-corrected chi connectivity index (χ4v) is 5.12. The molecule has 2 N–H and O–H groups in total. The van der Waals surface area contributed by atoms with Crippen LogP contribution in [0.2, 0.25) is 0 Å². The van der Waals surface area contributed by atoms with E-state index in [1.54, 1.807) is 6.92 Å². The molecule has 1 fully saturated rings. The van der Waals surface area contributed by atoms with Gasteiger partial charge in [0.05, 0.1) is 21.8 Å². The Kier molecular flexibility index (Phi) is 7.13. The van der Waals surface area contributed by atoms with Gasteiger partial charge in [0.1, 0.15) is 0 Å². The molecule has 11 heteroatoms. The number of amides is 2. The van der Waals surface area contributed by atoms with Crippen molar-refractivity contribution in [3.8, 4) is 0 Å². The third-order valence-electron chi connectivity index (χ3n) is 5.31. The fraction of sp³-hybridized carbons (Fsp3) is 0.364. The van der Waals surface area contributed by atoms with Crippen LogP contribution >= 0.6 is 0 Å². The predicted octanol–water partition coefficient (Wildman–Crippen LogP) is 4.40. The van der Waals surface area contributed by atoms with E-state index in [1.165, 1.54) is 29.4 Å². The van der Waals surface area contributed by atoms with Crippen molar-refractivity contribution in [3.63, 3.8) is 0 Å². The SMILES string of the molecule is CC(=O)Nc1ccc(C(F)(F)F)cc1NC(=O)c1cc(S(=O)(=O)N2CCCCC2)ccc1C. The summed E-state index contributed by atoms with van der Waals surface area (Å²) in [7, 11) is -3.81. The normalized spacial score (nSPS) is 15.2. The molecule has 33 heavy (non-hydrogen) atoms. The zero-order valence-electron chi connectivity index (χ0n) is 18.1. The standard InChI is InChI=1S/C22H24F3N3O4S/c1-14-6-8-17(33(31,32)28-10-4-3-5-11-28)13-18(14)21(30)27-20-12-16(22(23,24)25)7-9-19(20)26-15(2)29/h6-9,12-13H,3-5,10-11H2,1-2H3,(H,26,29)(H,27,30). The van der Waals surface area contributed by atoms with Crippen molar-refractivity contribution in [2.45, 2.75) is 44.2 Å². The number of benzene rings is 2. The van der Waals surface area contributed by atoms with Crippen molar-refractivity contribution in [2.24, 2.45) is 0 Å². The van der Waals surface area contributed by atoms with Gasteiger partial charge in [0.2, 0.25) is 15.9 Å². The first-order valence-electron chi connectivity index (χ1n) is 10.3. The van der Waals surface area contributed by atoms with Crippen LogP contribution in [0, 0.1) is 6.92 Å². The minimum atomic E-state index is -4.66. The Morgan fingerprint density at radius 1 is 0.939 bits per heavy atom. The van der Waals surface area contributed by atoms with Crippen LogP contribution in [0.1, 0.15) is 47.7 Å². The highest BCUT2D eigenvalue weighted by Gasteiger charge is 2.32. The van der Waals surface area contributed by atoms with Crippen LogP contribution in [0.4, 0.5) is 24.5 Å². The number of nitrogens with zero attached hydrogens (tertiary/aromatic N) is 1. The zero-order valence-corrected chi connectivity index (χ0v) is 18.9. The van der Waals surface area contributed by atoms with E-state index in [0.29, 0.717) is 24.7 Å². The van der Waals surface area contributed by atoms with Gasteiger partial charge in [-0.1, -0.05) is 12.5 Å². The van der Waals surface area contributed by atoms with Crippen molar-refractivity contribution >= 4 is 33.2 Å². The maximum Gasteiger partial charge on any atom is 0.416 e. The number of rotatable bonds is 5. The second-order valence-corrected chi connectivity index (χ2v) is 9.77. The number of anilines is 2. The summed E-state index contributed by atoms with van der Waals surface area (Å²) in [5.41, 5.74) is -0.838. The van der Waals surface area contributed by atoms with E-state index in [2.05, 4.69) is 10.6 Å². The molecular formula is C22H24F3N3O4S. The Bertz CT molecular complexity index is 1170. The maximum absolute atomic E-state index is 13.2. The zero-order chi connectivity index (χ0) is 24.4. The Balaban J connectivity index is 1.96. The highest BCUT2D eigenvalue weighted by molar-refractivity contribution is 7.89. The fourth-order valence-electron chi connectivity index (χ4n) is 3.57. The minimum Gasteiger partial charge on any atom is -0.325 e. The maximum atomic E-state index is 13.2. The number of carbonyl (C=O) groups excluding carboxylic acids is 2. The van der Waals surface area contributed by atoms with E-state index < -0.39 is 33.6 Å². The van der Waals surface area contributed by atoms with E-state index in [4.69, 9.17) is 0 Å². The minimum absolute atomic E-state index is 0.000675. The molecule has 7 nitrogen and oxygen atoms in total. The summed E-state index contributed by atoms with van der Waals surface area (Å²) in [5.74, 6) is -1.33. The van der Waals surface area contributed by atoms with E-state index in [1.807, 2.05) is 0 Å². The number of nitrogens with one attached hydrogen (secondary N) is 2. The summed E-state index contributed by atoms with van der Waals surface area (Å²) in [4.78, 5) is 24.4. The van der Waals surface area contributed by atoms with Gasteiger partial charge in [0.15, 0.2) is 0 Å². The number of hydrogen-bond donors (Lipinski definition) is 2. The quantitative estimate of drug-likeness (QED) is 0.659. The first-order chi connectivity index (χ1) is 15.4. The Morgan fingerprint density at radius 3 is 2.21 bits per heavy atom. The molecule has 0 atom stereocenters. The van der Waals surface area contributed by atoms with Crippen LogP contribution in [0.5, 0.6) is 0 Å². The van der Waals surface area contributed by atoms with Gasteiger partial charge in [-0.15, -0.1) is 0 Å². The van der Waals surface area contributed by atoms with E-state index in [-0.39, 0.29) is 21.8 Å². The number of sulfonamides is 1. The Labute approximate surface area is 190 Å². The molecule has 1 heterocycles. The molecule has 0 radical (unpaired) electrons. The van der Waals surface area contributed by atoms with Crippen molar-refractivity contribution in [3.05, 3.63) is 53.1 Å². The summed E-state index contributed by atoms with van der Waals surface area (Å²) >= 11 is 0. The van der Waals surface area contributed by atoms with Gasteiger partial charge >= 0.3 is 6.18 Å². The molecule has 2 amide bonds. The molecule has 0 aliphatic carbocycles. The van der Waals surface area contributed by atoms with Gasteiger partial charge in [-0.05, 0) is 55.7 Å². The average molecular weight is 484 g/mol. The molecule has 0 spiro atoms. The molecular weight excluding hydrogens is 459 g/mol. The van der Waals surface area contributed by atoms with Gasteiger partial charge in [-0.25, -0.2) is 8.42 Å². The van der Waals surface area contributed by atoms with Crippen molar-refractivity contribution < 1.29 is 31.2 Å². The second kappa shape index (κ2) is 9.52. The Hall–Kier alpha value is -2.92. The second-order valence-electron chi connectivity index (χ2n) is 7.83. The topological polar surface area (TPSA) is 95.6 Å². The molecule has 1 saturated heterocycles. The van der Waals surface area contributed by atoms with Gasteiger partial charge in [-0.2, -0.15) is 17.5 Å². The summed E-state index contributed by atoms with van der Waals surface area (Å²) in [6.45, 7) is 3.56. The number of carbonyl (C=O) groups is 2. The lowest BCUT2D eigenvalue weighted by Gasteiger charge is -2.26. The van der Waals surface area contributed by atoms with Gasteiger partial charge in [0.25, 0.3) is 5.91 Å². The Morgan fingerprint density at radius 2 is 1.61 bits per heavy atom. The number of halogens is 3. The van der Waals surface area contributed by atoms with Crippen LogP contribution in [0.3, 0.4) is 0 Å². The summed E-state index contributed by atoms with van der Waals surface area (Å²) in [6, 6.07) is 6.66. The number of aryl methyl sites for hydroxylation is 1. The van der Waals surface area contributed by atoms with E-state index in [9.17, 15) is 31.2 Å². The summed E-state index contributed by atoms with van der Waals surface area (Å²) in [6.07, 6.45) is -2.21. The summed E-state index contributed by atoms with van der Waals surface area (Å²) in [5, 5.41) is 4.76. The largest absolute Gasteiger partial charge is 0.416 e. The van der Waals surface area contributed by atoms with E-state index in [0.717, 1.165) is 31.4 Å². The number of piperidine rings is 1. The molecule has 0 aromatic heterocycles. The van der Waals surface area contributed by atoms with Crippen molar-refractivity contribution in [2.75, 3.05) is 23.7 Å². The third kappa shape index (κ3) is 5.72. The van der Waals surface area contributed by atoms with Gasteiger partial charge in [0, 0.05) is 25.6 Å². The van der Waals surface area contributed by atoms with Crippen molar-refractivity contribution in [1.29, 1.82) is 0 Å². The van der Waals surface area contributed by atoms with Gasteiger partial charge < -0.3 is 10.6 Å². The van der Waals surface area contributed by atoms with Crippen LogP contribution in [0.15, 0.2) is 41.3 Å². The number of alkyl halides is 3. The average Bonchev–Trinajstić information content (AvgIpc) is 2.74. The molecule has 0 bridgehead atoms. The highest BCUT2D eigenvalue weighted by atomic mass is 32.2. The number of hydrogen-bond acceptors (Lipinski definition) is 4. The van der Waals surface area contributed by atoms with Crippen LogP contribution in [-0.4, -0.2) is 37.6 Å².